The van der Waals surface area contributed by atoms with E-state index in [4.69, 9.17) is 5.73 Å². The normalized spacial score (nSPS) is 10.8. The molecule has 4 nitrogen and oxygen atoms in total. The van der Waals surface area contributed by atoms with Crippen molar-refractivity contribution in [3.8, 4) is 11.3 Å². The van der Waals surface area contributed by atoms with E-state index in [1.165, 1.54) is 5.56 Å². The van der Waals surface area contributed by atoms with Gasteiger partial charge in [0.1, 0.15) is 5.69 Å². The highest BCUT2D eigenvalue weighted by molar-refractivity contribution is 9.10. The summed E-state index contributed by atoms with van der Waals surface area (Å²) in [5.41, 5.74) is 8.63. The first kappa shape index (κ1) is 12.3. The fourth-order valence-corrected chi connectivity index (χ4v) is 2.31. The highest BCUT2D eigenvalue weighted by Gasteiger charge is 2.07. The van der Waals surface area contributed by atoms with E-state index in [1.807, 2.05) is 10.9 Å². The van der Waals surface area contributed by atoms with Gasteiger partial charge in [0, 0.05) is 16.6 Å². The van der Waals surface area contributed by atoms with Crippen molar-refractivity contribution in [2.45, 2.75) is 19.9 Å². The Hall–Kier alpha value is -1.20. The van der Waals surface area contributed by atoms with Crippen molar-refractivity contribution in [3.63, 3.8) is 0 Å². The smallest absolute Gasteiger partial charge is 0.114 e. The SMILES string of the molecule is Cc1ccc(-c2cn(CCCN)nn2)c(Br)c1. The van der Waals surface area contributed by atoms with Crippen LogP contribution in [-0.2, 0) is 6.54 Å². The number of nitrogens with zero attached hydrogens (tertiary/aromatic N) is 3. The number of hydrogen-bond donors (Lipinski definition) is 1. The molecular weight excluding hydrogens is 280 g/mol. The number of rotatable bonds is 4. The van der Waals surface area contributed by atoms with Crippen molar-refractivity contribution in [3.05, 3.63) is 34.4 Å². The maximum absolute atomic E-state index is 5.47. The van der Waals surface area contributed by atoms with E-state index in [0.29, 0.717) is 6.54 Å². The predicted molar refractivity (Wildman–Crippen MR) is 71.6 cm³/mol. The Balaban J connectivity index is 2.24. The molecule has 17 heavy (non-hydrogen) atoms. The average molecular weight is 295 g/mol. The Morgan fingerprint density at radius 2 is 2.24 bits per heavy atom. The molecule has 0 fully saturated rings. The molecule has 0 amide bonds. The van der Waals surface area contributed by atoms with E-state index in [0.717, 1.165) is 28.7 Å². The highest BCUT2D eigenvalue weighted by atomic mass is 79.9. The lowest BCUT2D eigenvalue weighted by molar-refractivity contribution is 0.564. The summed E-state index contributed by atoms with van der Waals surface area (Å²) in [5.74, 6) is 0. The molecular formula is C12H15BrN4. The third-order valence-corrected chi connectivity index (χ3v) is 3.19. The van der Waals surface area contributed by atoms with Gasteiger partial charge in [0.15, 0.2) is 0 Å². The molecule has 1 aromatic heterocycles. The molecule has 0 aliphatic heterocycles. The van der Waals surface area contributed by atoms with E-state index in [1.54, 1.807) is 0 Å². The quantitative estimate of drug-likeness (QED) is 0.942. The number of hydrogen-bond acceptors (Lipinski definition) is 3. The fraction of sp³-hybridized carbons (Fsp3) is 0.333. The van der Waals surface area contributed by atoms with Gasteiger partial charge >= 0.3 is 0 Å². The van der Waals surface area contributed by atoms with E-state index in [2.05, 4.69) is 51.4 Å². The molecule has 1 heterocycles. The van der Waals surface area contributed by atoms with Crippen LogP contribution in [0.1, 0.15) is 12.0 Å². The summed E-state index contributed by atoms with van der Waals surface area (Å²) in [6.07, 6.45) is 2.86. The van der Waals surface area contributed by atoms with Crippen molar-refractivity contribution >= 4 is 15.9 Å². The van der Waals surface area contributed by atoms with E-state index < -0.39 is 0 Å². The van der Waals surface area contributed by atoms with E-state index >= 15 is 0 Å². The van der Waals surface area contributed by atoms with Crippen molar-refractivity contribution < 1.29 is 0 Å². The molecule has 0 aliphatic rings. The largest absolute Gasteiger partial charge is 0.330 e. The molecule has 0 radical (unpaired) electrons. The maximum Gasteiger partial charge on any atom is 0.114 e. The first-order valence-electron chi connectivity index (χ1n) is 5.57. The van der Waals surface area contributed by atoms with Crippen LogP contribution in [0.2, 0.25) is 0 Å². The molecule has 2 N–H and O–H groups in total. The minimum Gasteiger partial charge on any atom is -0.330 e. The van der Waals surface area contributed by atoms with E-state index in [9.17, 15) is 0 Å². The molecule has 0 spiro atoms. The molecule has 0 bridgehead atoms. The molecule has 5 heteroatoms. The van der Waals surface area contributed by atoms with Gasteiger partial charge in [0.25, 0.3) is 0 Å². The molecule has 0 atom stereocenters. The summed E-state index contributed by atoms with van der Waals surface area (Å²) in [6.45, 7) is 3.54. The standard InChI is InChI=1S/C12H15BrN4/c1-9-3-4-10(11(13)7-9)12-8-17(16-15-12)6-2-5-14/h3-4,7-8H,2,5-6,14H2,1H3. The van der Waals surface area contributed by atoms with Crippen LogP contribution in [0, 0.1) is 6.92 Å². The van der Waals surface area contributed by atoms with Gasteiger partial charge < -0.3 is 5.73 Å². The lowest BCUT2D eigenvalue weighted by atomic mass is 10.1. The molecule has 2 aromatic rings. The Kier molecular flexibility index (Phi) is 3.91. The molecule has 0 unspecified atom stereocenters. The van der Waals surface area contributed by atoms with Gasteiger partial charge in [-0.25, -0.2) is 0 Å². The van der Waals surface area contributed by atoms with Crippen molar-refractivity contribution in [1.82, 2.24) is 15.0 Å². The Morgan fingerprint density at radius 3 is 2.94 bits per heavy atom. The van der Waals surface area contributed by atoms with Crippen LogP contribution < -0.4 is 5.73 Å². The lowest BCUT2D eigenvalue weighted by Gasteiger charge is -2.01. The second-order valence-corrected chi connectivity index (χ2v) is 4.85. The summed E-state index contributed by atoms with van der Waals surface area (Å²) in [5, 5.41) is 8.26. The van der Waals surface area contributed by atoms with Crippen LogP contribution in [-0.4, -0.2) is 21.5 Å². The van der Waals surface area contributed by atoms with Crippen LogP contribution >= 0.6 is 15.9 Å². The molecule has 1 aromatic carbocycles. The van der Waals surface area contributed by atoms with Gasteiger partial charge in [-0.2, -0.15) is 0 Å². The second-order valence-electron chi connectivity index (χ2n) is 3.99. The fourth-order valence-electron chi connectivity index (χ4n) is 1.61. The summed E-state index contributed by atoms with van der Waals surface area (Å²) in [7, 11) is 0. The van der Waals surface area contributed by atoms with Crippen molar-refractivity contribution in [2.24, 2.45) is 5.73 Å². The zero-order chi connectivity index (χ0) is 12.3. The van der Waals surface area contributed by atoms with Gasteiger partial charge in [-0.3, -0.25) is 4.68 Å². The first-order chi connectivity index (χ1) is 8.20. The number of aromatic nitrogens is 3. The van der Waals surface area contributed by atoms with Crippen molar-refractivity contribution in [2.75, 3.05) is 6.54 Å². The number of nitrogens with two attached hydrogens (primary N) is 1. The lowest BCUT2D eigenvalue weighted by Crippen LogP contribution is -2.06. The van der Waals surface area contributed by atoms with Gasteiger partial charge in [-0.1, -0.05) is 33.3 Å². The molecule has 0 saturated heterocycles. The van der Waals surface area contributed by atoms with Crippen LogP contribution in [0.3, 0.4) is 0 Å². The summed E-state index contributed by atoms with van der Waals surface area (Å²) >= 11 is 3.55. The van der Waals surface area contributed by atoms with Crippen LogP contribution in [0.4, 0.5) is 0 Å². The summed E-state index contributed by atoms with van der Waals surface area (Å²) in [6, 6.07) is 6.20. The summed E-state index contributed by atoms with van der Waals surface area (Å²) in [4.78, 5) is 0. The minimum absolute atomic E-state index is 0.670. The highest BCUT2D eigenvalue weighted by Crippen LogP contribution is 2.27. The summed E-state index contributed by atoms with van der Waals surface area (Å²) < 4.78 is 2.87. The van der Waals surface area contributed by atoms with E-state index in [-0.39, 0.29) is 0 Å². The van der Waals surface area contributed by atoms with Gasteiger partial charge in [0.2, 0.25) is 0 Å². The number of halogens is 1. The first-order valence-corrected chi connectivity index (χ1v) is 6.36. The van der Waals surface area contributed by atoms with Crippen molar-refractivity contribution in [1.29, 1.82) is 0 Å². The molecule has 0 saturated carbocycles. The molecule has 90 valence electrons. The van der Waals surface area contributed by atoms with Gasteiger partial charge in [-0.05, 0) is 31.5 Å². The van der Waals surface area contributed by atoms with Gasteiger partial charge in [0.05, 0.1) is 6.20 Å². The third-order valence-electron chi connectivity index (χ3n) is 2.53. The molecule has 0 aliphatic carbocycles. The van der Waals surface area contributed by atoms with Crippen LogP contribution in [0.25, 0.3) is 11.3 Å². The Labute approximate surface area is 109 Å². The monoisotopic (exact) mass is 294 g/mol. The zero-order valence-corrected chi connectivity index (χ0v) is 11.3. The maximum atomic E-state index is 5.47. The topological polar surface area (TPSA) is 56.7 Å². The Morgan fingerprint density at radius 1 is 1.41 bits per heavy atom. The molecule has 2 rings (SSSR count). The average Bonchev–Trinajstić information content (AvgIpc) is 2.75. The van der Waals surface area contributed by atoms with Gasteiger partial charge in [-0.15, -0.1) is 5.10 Å². The Bertz CT molecular complexity index is 507. The zero-order valence-electron chi connectivity index (χ0n) is 9.73. The minimum atomic E-state index is 0.670. The number of aryl methyl sites for hydroxylation is 2. The van der Waals surface area contributed by atoms with Crippen LogP contribution in [0.5, 0.6) is 0 Å². The number of benzene rings is 1. The predicted octanol–water partition coefficient (Wildman–Crippen LogP) is 2.36. The third kappa shape index (κ3) is 2.92. The second kappa shape index (κ2) is 5.42. The van der Waals surface area contributed by atoms with Crippen LogP contribution in [0.15, 0.2) is 28.9 Å².